The first-order valence-electron chi connectivity index (χ1n) is 7.33. The van der Waals surface area contributed by atoms with Crippen molar-refractivity contribution < 1.29 is 8.42 Å². The fourth-order valence-electron chi connectivity index (χ4n) is 2.98. The highest BCUT2D eigenvalue weighted by molar-refractivity contribution is 7.89. The number of sulfonamides is 1. The molecule has 23 heavy (non-hydrogen) atoms. The van der Waals surface area contributed by atoms with Gasteiger partial charge in [0.15, 0.2) is 0 Å². The molecule has 2 aromatic rings. The molecule has 0 radical (unpaired) electrons. The molecule has 2 atom stereocenters. The summed E-state index contributed by atoms with van der Waals surface area (Å²) in [5.41, 5.74) is 4.93. The monoisotopic (exact) mass is 338 g/mol. The molecule has 1 saturated heterocycles. The molecule has 0 amide bonds. The molecule has 4 N–H and O–H groups in total. The largest absolute Gasteiger partial charge is 0.328 e. The van der Waals surface area contributed by atoms with Gasteiger partial charge in [0, 0.05) is 18.6 Å². The lowest BCUT2D eigenvalue weighted by Crippen LogP contribution is -2.48. The maximum atomic E-state index is 12.8. The van der Waals surface area contributed by atoms with Gasteiger partial charge in [-0.05, 0) is 38.0 Å². The molecular formula is C14H18N4O4S. The van der Waals surface area contributed by atoms with Crippen molar-refractivity contribution in [1.82, 2.24) is 14.3 Å². The van der Waals surface area contributed by atoms with Crippen LogP contribution >= 0.6 is 0 Å². The first kappa shape index (κ1) is 15.9. The predicted molar refractivity (Wildman–Crippen MR) is 85.8 cm³/mol. The molecule has 2 unspecified atom stereocenters. The minimum atomic E-state index is -3.72. The Labute approximate surface area is 132 Å². The van der Waals surface area contributed by atoms with E-state index in [0.29, 0.717) is 24.9 Å². The fourth-order valence-corrected chi connectivity index (χ4v) is 4.67. The molecule has 1 aliphatic rings. The van der Waals surface area contributed by atoms with E-state index >= 15 is 0 Å². The number of aromatic amines is 2. The number of fused-ring (bicyclic) bond motifs is 1. The van der Waals surface area contributed by atoms with Gasteiger partial charge in [-0.25, -0.2) is 13.2 Å². The lowest BCUT2D eigenvalue weighted by atomic mass is 10.0. The molecule has 3 rings (SSSR count). The van der Waals surface area contributed by atoms with Crippen LogP contribution in [0.4, 0.5) is 0 Å². The van der Waals surface area contributed by atoms with E-state index in [1.807, 2.05) is 6.92 Å². The van der Waals surface area contributed by atoms with E-state index in [2.05, 4.69) is 9.97 Å². The SMILES string of the molecule is CC1CC(N)CCN1S(=O)(=O)c1ccc2[nH]c(=O)[nH]c(=O)c2c1. The van der Waals surface area contributed by atoms with Crippen LogP contribution in [0.15, 0.2) is 32.7 Å². The molecule has 8 nitrogen and oxygen atoms in total. The van der Waals surface area contributed by atoms with Crippen molar-refractivity contribution in [3.05, 3.63) is 39.0 Å². The summed E-state index contributed by atoms with van der Waals surface area (Å²) in [5, 5.41) is 0.132. The first-order valence-corrected chi connectivity index (χ1v) is 8.77. The van der Waals surface area contributed by atoms with Crippen LogP contribution in [0.3, 0.4) is 0 Å². The second kappa shape index (κ2) is 5.59. The van der Waals surface area contributed by atoms with Crippen molar-refractivity contribution in [2.45, 2.75) is 36.7 Å². The van der Waals surface area contributed by atoms with E-state index in [9.17, 15) is 18.0 Å². The third-order valence-electron chi connectivity index (χ3n) is 4.17. The van der Waals surface area contributed by atoms with Gasteiger partial charge in [0.25, 0.3) is 5.56 Å². The van der Waals surface area contributed by atoms with Gasteiger partial charge in [-0.1, -0.05) is 0 Å². The van der Waals surface area contributed by atoms with E-state index in [0.717, 1.165) is 0 Å². The van der Waals surface area contributed by atoms with Gasteiger partial charge in [0.2, 0.25) is 10.0 Å². The number of nitrogens with zero attached hydrogens (tertiary/aromatic N) is 1. The quantitative estimate of drug-likeness (QED) is 0.693. The Kier molecular flexibility index (Phi) is 3.86. The van der Waals surface area contributed by atoms with Gasteiger partial charge in [-0.3, -0.25) is 9.78 Å². The minimum absolute atomic E-state index is 0.000901. The fraction of sp³-hybridized carbons (Fsp3) is 0.429. The number of H-pyrrole nitrogens is 2. The Morgan fingerprint density at radius 2 is 2.00 bits per heavy atom. The van der Waals surface area contributed by atoms with Crippen molar-refractivity contribution in [2.75, 3.05) is 6.54 Å². The molecule has 0 spiro atoms. The summed E-state index contributed by atoms with van der Waals surface area (Å²) < 4.78 is 27.1. The van der Waals surface area contributed by atoms with Crippen LogP contribution in [0.25, 0.3) is 10.9 Å². The minimum Gasteiger partial charge on any atom is -0.328 e. The smallest absolute Gasteiger partial charge is 0.326 e. The zero-order chi connectivity index (χ0) is 16.8. The molecule has 1 aromatic carbocycles. The Morgan fingerprint density at radius 1 is 1.26 bits per heavy atom. The maximum absolute atomic E-state index is 12.8. The van der Waals surface area contributed by atoms with Crippen LogP contribution in [0.2, 0.25) is 0 Å². The second-order valence-corrected chi connectivity index (χ2v) is 7.76. The number of benzene rings is 1. The van der Waals surface area contributed by atoms with Crippen LogP contribution in [0.1, 0.15) is 19.8 Å². The van der Waals surface area contributed by atoms with Crippen LogP contribution in [-0.2, 0) is 10.0 Å². The molecule has 2 heterocycles. The zero-order valence-electron chi connectivity index (χ0n) is 12.6. The first-order chi connectivity index (χ1) is 10.8. The lowest BCUT2D eigenvalue weighted by Gasteiger charge is -2.35. The van der Waals surface area contributed by atoms with Crippen LogP contribution in [0, 0.1) is 0 Å². The summed E-state index contributed by atoms with van der Waals surface area (Å²) in [6.07, 6.45) is 1.20. The number of nitrogens with two attached hydrogens (primary N) is 1. The Morgan fingerprint density at radius 3 is 2.70 bits per heavy atom. The van der Waals surface area contributed by atoms with Gasteiger partial charge in [0.05, 0.1) is 15.8 Å². The topological polar surface area (TPSA) is 129 Å². The van der Waals surface area contributed by atoms with Crippen LogP contribution in [0.5, 0.6) is 0 Å². The molecule has 1 aromatic heterocycles. The normalized spacial score (nSPS) is 23.2. The molecule has 1 aliphatic heterocycles. The van der Waals surface area contributed by atoms with Crippen molar-refractivity contribution in [2.24, 2.45) is 5.73 Å². The maximum Gasteiger partial charge on any atom is 0.326 e. The number of nitrogens with one attached hydrogen (secondary N) is 2. The second-order valence-electron chi connectivity index (χ2n) is 5.86. The highest BCUT2D eigenvalue weighted by Gasteiger charge is 2.33. The summed E-state index contributed by atoms with van der Waals surface area (Å²) in [5.74, 6) is 0. The standard InChI is InChI=1S/C14H18N4O4S/c1-8-6-9(15)4-5-18(8)23(21,22)10-2-3-12-11(7-10)13(19)17-14(20)16-12/h2-3,7-9H,4-6,15H2,1H3,(H2,16,17,19,20). The van der Waals surface area contributed by atoms with Crippen molar-refractivity contribution in [3.63, 3.8) is 0 Å². The van der Waals surface area contributed by atoms with Gasteiger partial charge in [-0.15, -0.1) is 0 Å². The number of aromatic nitrogens is 2. The molecule has 9 heteroatoms. The molecule has 124 valence electrons. The summed E-state index contributed by atoms with van der Waals surface area (Å²) >= 11 is 0. The van der Waals surface area contributed by atoms with E-state index < -0.39 is 21.3 Å². The molecule has 1 fully saturated rings. The predicted octanol–water partition coefficient (Wildman–Crippen LogP) is -0.283. The van der Waals surface area contributed by atoms with Crippen LogP contribution in [-0.4, -0.2) is 41.3 Å². The summed E-state index contributed by atoms with van der Waals surface area (Å²) in [4.78, 5) is 27.7. The van der Waals surface area contributed by atoms with Crippen LogP contribution < -0.4 is 17.0 Å². The van der Waals surface area contributed by atoms with E-state index in [1.54, 1.807) is 0 Å². The molecular weight excluding hydrogens is 320 g/mol. The molecule has 0 saturated carbocycles. The van der Waals surface area contributed by atoms with Crippen molar-refractivity contribution >= 4 is 20.9 Å². The highest BCUT2D eigenvalue weighted by atomic mass is 32.2. The third kappa shape index (κ3) is 2.82. The average Bonchev–Trinajstić information content (AvgIpc) is 2.46. The van der Waals surface area contributed by atoms with Gasteiger partial charge in [0.1, 0.15) is 0 Å². The van der Waals surface area contributed by atoms with Gasteiger partial charge in [-0.2, -0.15) is 4.31 Å². The number of hydrogen-bond acceptors (Lipinski definition) is 5. The Bertz CT molecular complexity index is 963. The van der Waals surface area contributed by atoms with Crippen molar-refractivity contribution in [3.8, 4) is 0 Å². The van der Waals surface area contributed by atoms with Crippen molar-refractivity contribution in [1.29, 1.82) is 0 Å². The zero-order valence-corrected chi connectivity index (χ0v) is 13.4. The molecule has 0 bridgehead atoms. The summed E-state index contributed by atoms with van der Waals surface area (Å²) in [6.45, 7) is 2.17. The van der Waals surface area contributed by atoms with Gasteiger partial charge < -0.3 is 10.7 Å². The third-order valence-corrected chi connectivity index (χ3v) is 6.18. The van der Waals surface area contributed by atoms with E-state index in [1.165, 1.54) is 22.5 Å². The summed E-state index contributed by atoms with van der Waals surface area (Å²) in [6, 6.07) is 3.92. The summed E-state index contributed by atoms with van der Waals surface area (Å²) in [7, 11) is -3.72. The van der Waals surface area contributed by atoms with E-state index in [-0.39, 0.29) is 22.4 Å². The lowest BCUT2D eigenvalue weighted by molar-refractivity contribution is 0.247. The number of piperidine rings is 1. The van der Waals surface area contributed by atoms with E-state index in [4.69, 9.17) is 5.73 Å². The van der Waals surface area contributed by atoms with Gasteiger partial charge >= 0.3 is 5.69 Å². The Hall–Kier alpha value is -1.97. The highest BCUT2D eigenvalue weighted by Crippen LogP contribution is 2.25. The number of hydrogen-bond donors (Lipinski definition) is 3. The molecule has 0 aliphatic carbocycles. The Balaban J connectivity index is 2.08. The average molecular weight is 338 g/mol. The number of rotatable bonds is 2.